The second kappa shape index (κ2) is 14.5. The van der Waals surface area contributed by atoms with Gasteiger partial charge in [-0.15, -0.1) is 12.4 Å². The Morgan fingerprint density at radius 3 is 2.58 bits per heavy atom. The Balaban J connectivity index is 0.00000280. The van der Waals surface area contributed by atoms with Crippen LogP contribution in [0.25, 0.3) is 6.08 Å². The molecule has 222 valence electrons. The van der Waals surface area contributed by atoms with Crippen LogP contribution in [0.2, 0.25) is 0 Å². The van der Waals surface area contributed by atoms with Gasteiger partial charge in [0.25, 0.3) is 0 Å². The summed E-state index contributed by atoms with van der Waals surface area (Å²) in [6.07, 6.45) is -2.89. The van der Waals surface area contributed by atoms with E-state index in [9.17, 15) is 31.9 Å². The van der Waals surface area contributed by atoms with Crippen LogP contribution in [0.4, 0.5) is 22.0 Å². The van der Waals surface area contributed by atoms with Crippen LogP contribution in [0.1, 0.15) is 37.0 Å². The van der Waals surface area contributed by atoms with Crippen molar-refractivity contribution in [2.24, 2.45) is 5.92 Å². The molecular weight excluding hydrogens is 561 g/mol. The number of carboxylic acid groups (broad SMARTS) is 1. The maximum absolute atomic E-state index is 13.5. The number of benzene rings is 2. The fourth-order valence-electron chi connectivity index (χ4n) is 4.50. The fourth-order valence-corrected chi connectivity index (χ4v) is 4.50. The number of hydrogen-bond acceptors (Lipinski definition) is 5. The van der Waals surface area contributed by atoms with Gasteiger partial charge < -0.3 is 19.3 Å². The summed E-state index contributed by atoms with van der Waals surface area (Å²) >= 11 is 0. The molecule has 0 amide bonds. The number of nitrogens with zero attached hydrogens (tertiary/aromatic N) is 1. The van der Waals surface area contributed by atoms with Crippen molar-refractivity contribution in [3.63, 3.8) is 0 Å². The van der Waals surface area contributed by atoms with E-state index in [-0.39, 0.29) is 37.9 Å². The number of alkyl halides is 5. The molecule has 0 unspecified atom stereocenters. The Bertz CT molecular complexity index is 1170. The third kappa shape index (κ3) is 8.47. The van der Waals surface area contributed by atoms with E-state index in [0.29, 0.717) is 37.6 Å². The number of ether oxygens (including phenoxy) is 3. The predicted octanol–water partition coefficient (Wildman–Crippen LogP) is 6.60. The molecule has 0 aliphatic carbocycles. The smallest absolute Gasteiger partial charge is 0.419 e. The van der Waals surface area contributed by atoms with Gasteiger partial charge in [-0.25, -0.2) is 8.78 Å². The van der Waals surface area contributed by atoms with Crippen LogP contribution in [-0.4, -0.2) is 61.7 Å². The molecule has 2 aromatic rings. The van der Waals surface area contributed by atoms with Gasteiger partial charge in [-0.2, -0.15) is 13.2 Å². The Kier molecular flexibility index (Phi) is 12.1. The van der Waals surface area contributed by atoms with Crippen LogP contribution in [0.5, 0.6) is 17.2 Å². The van der Waals surface area contributed by atoms with Crippen molar-refractivity contribution < 1.29 is 46.1 Å². The van der Waals surface area contributed by atoms with Crippen molar-refractivity contribution in [2.45, 2.75) is 39.2 Å². The first-order valence-electron chi connectivity index (χ1n) is 12.2. The number of likely N-dealkylation sites (tertiary alicyclic amines) is 1. The second-order valence-electron chi connectivity index (χ2n) is 9.37. The van der Waals surface area contributed by atoms with Crippen molar-refractivity contribution in [1.82, 2.24) is 4.90 Å². The first-order chi connectivity index (χ1) is 18.2. The van der Waals surface area contributed by atoms with Crippen LogP contribution >= 0.6 is 12.4 Å². The van der Waals surface area contributed by atoms with Gasteiger partial charge in [0.1, 0.15) is 43.8 Å². The monoisotopic (exact) mass is 593 g/mol. The highest BCUT2D eigenvalue weighted by Crippen LogP contribution is 2.38. The minimum absolute atomic E-state index is 0. The van der Waals surface area contributed by atoms with E-state index in [2.05, 4.69) is 4.90 Å². The number of carbonyl (C=O) groups is 1. The van der Waals surface area contributed by atoms with E-state index < -0.39 is 42.9 Å². The summed E-state index contributed by atoms with van der Waals surface area (Å²) in [5, 5.41) is 9.29. The Morgan fingerprint density at radius 1 is 1.15 bits per heavy atom. The van der Waals surface area contributed by atoms with Crippen LogP contribution in [-0.2, 0) is 17.6 Å². The van der Waals surface area contributed by atoms with Gasteiger partial charge in [-0.3, -0.25) is 9.69 Å². The molecule has 6 nitrogen and oxygen atoms in total. The summed E-state index contributed by atoms with van der Waals surface area (Å²) < 4.78 is 82.4. The van der Waals surface area contributed by atoms with Gasteiger partial charge >= 0.3 is 12.1 Å². The molecule has 4 rings (SSSR count). The molecule has 2 aromatic carbocycles. The van der Waals surface area contributed by atoms with Crippen molar-refractivity contribution in [1.29, 1.82) is 0 Å². The summed E-state index contributed by atoms with van der Waals surface area (Å²) in [7, 11) is 0. The van der Waals surface area contributed by atoms with Gasteiger partial charge in [0.2, 0.25) is 0 Å². The average Bonchev–Trinajstić information content (AvgIpc) is 2.90. The number of halogens is 6. The minimum Gasteiger partial charge on any atom is -0.489 e. The van der Waals surface area contributed by atoms with Gasteiger partial charge in [0.05, 0.1) is 11.5 Å². The fraction of sp³-hybridized carbons (Fsp3) is 0.464. The summed E-state index contributed by atoms with van der Waals surface area (Å²) in [5.74, 6) is -0.822. The highest BCUT2D eigenvalue weighted by Gasteiger charge is 2.35. The third-order valence-corrected chi connectivity index (χ3v) is 6.43. The molecule has 2 heterocycles. The molecule has 1 saturated heterocycles. The van der Waals surface area contributed by atoms with E-state index in [1.54, 1.807) is 18.2 Å². The zero-order valence-corrected chi connectivity index (χ0v) is 21.7. The summed E-state index contributed by atoms with van der Waals surface area (Å²) in [5.41, 5.74) is 0.896. The van der Waals surface area contributed by atoms with Crippen molar-refractivity contribution in [3.8, 4) is 17.2 Å². The molecule has 0 spiro atoms. The lowest BCUT2D eigenvalue weighted by molar-refractivity contribution is -0.143. The topological polar surface area (TPSA) is 68.2 Å². The molecule has 2 aliphatic rings. The zero-order chi connectivity index (χ0) is 27.3. The van der Waals surface area contributed by atoms with E-state index in [1.165, 1.54) is 6.07 Å². The minimum atomic E-state index is -4.78. The van der Waals surface area contributed by atoms with Crippen molar-refractivity contribution in [2.75, 3.05) is 39.6 Å². The molecule has 40 heavy (non-hydrogen) atoms. The van der Waals surface area contributed by atoms with Crippen molar-refractivity contribution >= 4 is 24.5 Å². The molecule has 1 fully saturated rings. The lowest BCUT2D eigenvalue weighted by atomic mass is 9.97. The van der Waals surface area contributed by atoms with E-state index in [4.69, 9.17) is 14.2 Å². The normalized spacial score (nSPS) is 17.1. The number of piperidine rings is 1. The standard InChI is InChI=1S/C27H28F5NO5.CH4.ClH/c28-11-22(12-29)38-24-6-3-17(9-23(24)27(30,31)32)15-36-21-5-4-19-8-18(16-37-25(19)10-21)13-33-7-1-2-20(14-33)26(34)35;;/h3-6,8-10,20,22H,1-2,7,11-16H2,(H,34,35);1H4;1H/t20-;;/m1../s1. The molecule has 12 heteroatoms. The summed E-state index contributed by atoms with van der Waals surface area (Å²) in [6, 6.07) is 8.33. The lowest BCUT2D eigenvalue weighted by Gasteiger charge is -2.32. The van der Waals surface area contributed by atoms with Gasteiger partial charge in [0.15, 0.2) is 6.10 Å². The maximum Gasteiger partial charge on any atom is 0.419 e. The SMILES string of the molecule is C.Cl.O=C(O)[C@@H]1CCCN(CC2=Cc3ccc(OCc4ccc(OC(CF)CF)c(C(F)(F)F)c4)cc3OC2)C1. The zero-order valence-electron chi connectivity index (χ0n) is 20.9. The van der Waals surface area contributed by atoms with Crippen LogP contribution in [0.15, 0.2) is 42.0 Å². The van der Waals surface area contributed by atoms with E-state index >= 15 is 0 Å². The number of aliphatic carboxylic acids is 1. The van der Waals surface area contributed by atoms with E-state index in [1.807, 2.05) is 6.08 Å². The Hall–Kier alpha value is -3.05. The summed E-state index contributed by atoms with van der Waals surface area (Å²) in [4.78, 5) is 13.4. The molecular formula is C28H33ClF5NO5. The van der Waals surface area contributed by atoms with Gasteiger partial charge in [-0.1, -0.05) is 13.5 Å². The molecule has 0 saturated carbocycles. The predicted molar refractivity (Wildman–Crippen MR) is 143 cm³/mol. The first kappa shape index (κ1) is 33.2. The molecule has 0 radical (unpaired) electrons. The molecule has 1 atom stereocenters. The maximum atomic E-state index is 13.5. The third-order valence-electron chi connectivity index (χ3n) is 6.43. The second-order valence-corrected chi connectivity index (χ2v) is 9.37. The Morgan fingerprint density at radius 2 is 1.90 bits per heavy atom. The summed E-state index contributed by atoms with van der Waals surface area (Å²) in [6.45, 7) is -0.408. The Labute approximate surface area is 236 Å². The molecule has 1 N–H and O–H groups in total. The lowest BCUT2D eigenvalue weighted by Crippen LogP contribution is -2.40. The van der Waals surface area contributed by atoms with Crippen molar-refractivity contribution in [3.05, 3.63) is 58.7 Å². The number of carboxylic acids is 1. The van der Waals surface area contributed by atoms with Gasteiger partial charge in [-0.05, 0) is 60.9 Å². The van der Waals surface area contributed by atoms with Crippen LogP contribution in [0, 0.1) is 5.92 Å². The highest BCUT2D eigenvalue weighted by molar-refractivity contribution is 5.85. The van der Waals surface area contributed by atoms with Crippen LogP contribution in [0.3, 0.4) is 0 Å². The molecule has 0 bridgehead atoms. The van der Waals surface area contributed by atoms with E-state index in [0.717, 1.165) is 36.2 Å². The largest absolute Gasteiger partial charge is 0.489 e. The quantitative estimate of drug-likeness (QED) is 0.313. The molecule has 2 aliphatic heterocycles. The number of fused-ring (bicyclic) bond motifs is 1. The first-order valence-corrected chi connectivity index (χ1v) is 12.2. The molecule has 0 aromatic heterocycles. The van der Waals surface area contributed by atoms with Crippen LogP contribution < -0.4 is 14.2 Å². The highest BCUT2D eigenvalue weighted by atomic mass is 35.5. The van der Waals surface area contributed by atoms with Gasteiger partial charge in [0, 0.05) is 24.7 Å². The number of hydrogen-bond donors (Lipinski definition) is 1. The average molecular weight is 594 g/mol. The number of rotatable bonds is 10.